The summed E-state index contributed by atoms with van der Waals surface area (Å²) < 4.78 is 31.9. The molecule has 18 heavy (non-hydrogen) atoms. The van der Waals surface area contributed by atoms with Crippen LogP contribution in [0.1, 0.15) is 26.2 Å². The van der Waals surface area contributed by atoms with Gasteiger partial charge in [-0.2, -0.15) is 4.31 Å². The van der Waals surface area contributed by atoms with E-state index in [0.717, 1.165) is 32.4 Å². The summed E-state index contributed by atoms with van der Waals surface area (Å²) in [5.74, 6) is 0.551. The summed E-state index contributed by atoms with van der Waals surface area (Å²) >= 11 is 0. The van der Waals surface area contributed by atoms with Crippen molar-refractivity contribution in [1.29, 1.82) is 0 Å². The van der Waals surface area contributed by atoms with Crippen molar-refractivity contribution in [2.24, 2.45) is 5.92 Å². The maximum Gasteiger partial charge on any atom is 0.214 e. The number of hydrogen-bond donors (Lipinski definition) is 1. The Morgan fingerprint density at radius 2 is 2.22 bits per heavy atom. The highest BCUT2D eigenvalue weighted by Crippen LogP contribution is 2.17. The van der Waals surface area contributed by atoms with Gasteiger partial charge in [0.25, 0.3) is 0 Å². The minimum Gasteiger partial charge on any atom is -0.377 e. The lowest BCUT2D eigenvalue weighted by atomic mass is 10.0. The van der Waals surface area contributed by atoms with Gasteiger partial charge in [-0.05, 0) is 45.2 Å². The van der Waals surface area contributed by atoms with E-state index in [2.05, 4.69) is 5.32 Å². The normalized spacial score (nSPS) is 32.1. The topological polar surface area (TPSA) is 58.6 Å². The molecule has 2 unspecified atom stereocenters. The van der Waals surface area contributed by atoms with E-state index >= 15 is 0 Å². The van der Waals surface area contributed by atoms with E-state index in [-0.39, 0.29) is 17.8 Å². The number of nitrogens with one attached hydrogen (secondary N) is 1. The highest BCUT2D eigenvalue weighted by Gasteiger charge is 2.29. The molecule has 0 amide bonds. The van der Waals surface area contributed by atoms with E-state index < -0.39 is 10.0 Å². The van der Waals surface area contributed by atoms with Crippen LogP contribution in [0.25, 0.3) is 0 Å². The molecule has 0 aromatic heterocycles. The number of nitrogens with zero attached hydrogens (tertiary/aromatic N) is 1. The van der Waals surface area contributed by atoms with Crippen LogP contribution in [0.2, 0.25) is 0 Å². The van der Waals surface area contributed by atoms with E-state index in [1.165, 1.54) is 0 Å². The zero-order valence-electron chi connectivity index (χ0n) is 11.1. The second kappa shape index (κ2) is 6.32. The van der Waals surface area contributed by atoms with E-state index in [0.29, 0.717) is 19.7 Å². The molecule has 0 aromatic carbocycles. The molecule has 0 saturated carbocycles. The van der Waals surface area contributed by atoms with Gasteiger partial charge in [-0.3, -0.25) is 0 Å². The predicted molar refractivity (Wildman–Crippen MR) is 71.0 cm³/mol. The van der Waals surface area contributed by atoms with Gasteiger partial charge in [0, 0.05) is 19.7 Å². The molecule has 1 N–H and O–H groups in total. The number of rotatable bonds is 3. The molecule has 2 aliphatic heterocycles. The van der Waals surface area contributed by atoms with E-state index in [1.807, 2.05) is 6.92 Å². The first kappa shape index (κ1) is 14.2. The molecule has 5 nitrogen and oxygen atoms in total. The maximum atomic E-state index is 12.4. The molecule has 0 aromatic rings. The van der Waals surface area contributed by atoms with Gasteiger partial charge < -0.3 is 10.1 Å². The largest absolute Gasteiger partial charge is 0.377 e. The molecule has 0 radical (unpaired) electrons. The van der Waals surface area contributed by atoms with Crippen molar-refractivity contribution in [2.45, 2.75) is 32.3 Å². The van der Waals surface area contributed by atoms with Crippen LogP contribution in [0.15, 0.2) is 0 Å². The summed E-state index contributed by atoms with van der Waals surface area (Å²) in [6, 6.07) is 0. The van der Waals surface area contributed by atoms with E-state index in [9.17, 15) is 8.42 Å². The number of sulfonamides is 1. The van der Waals surface area contributed by atoms with Crippen LogP contribution in [0, 0.1) is 5.92 Å². The van der Waals surface area contributed by atoms with Crippen molar-refractivity contribution in [3.05, 3.63) is 0 Å². The molecule has 2 rings (SSSR count). The zero-order chi connectivity index (χ0) is 13.0. The van der Waals surface area contributed by atoms with Crippen LogP contribution in [-0.2, 0) is 14.8 Å². The second-order valence-corrected chi connectivity index (χ2v) is 7.40. The molecular formula is C12H24N2O3S. The molecule has 2 saturated heterocycles. The molecule has 6 heteroatoms. The lowest BCUT2D eigenvalue weighted by molar-refractivity contribution is 0.0751. The summed E-state index contributed by atoms with van der Waals surface area (Å²) in [6.45, 7) is 5.56. The van der Waals surface area contributed by atoms with Gasteiger partial charge in [-0.1, -0.05) is 0 Å². The number of piperidine rings is 1. The third-order valence-corrected chi connectivity index (χ3v) is 5.66. The number of ether oxygens (including phenoxy) is 1. The molecule has 0 spiro atoms. The fourth-order valence-electron chi connectivity index (χ4n) is 2.68. The van der Waals surface area contributed by atoms with Gasteiger partial charge in [-0.15, -0.1) is 0 Å². The van der Waals surface area contributed by atoms with Crippen molar-refractivity contribution in [1.82, 2.24) is 9.62 Å². The van der Waals surface area contributed by atoms with Crippen LogP contribution in [0.4, 0.5) is 0 Å². The smallest absolute Gasteiger partial charge is 0.214 e. The Morgan fingerprint density at radius 3 is 2.94 bits per heavy atom. The summed E-state index contributed by atoms with van der Waals surface area (Å²) in [6.07, 6.45) is 2.91. The molecule has 2 aliphatic rings. The molecule has 2 fully saturated rings. The fourth-order valence-corrected chi connectivity index (χ4v) is 4.61. The van der Waals surface area contributed by atoms with E-state index in [1.54, 1.807) is 4.31 Å². The van der Waals surface area contributed by atoms with Gasteiger partial charge in [0.2, 0.25) is 10.0 Å². The Labute approximate surface area is 110 Å². The van der Waals surface area contributed by atoms with Crippen LogP contribution in [0.5, 0.6) is 0 Å². The molecule has 0 aliphatic carbocycles. The maximum absolute atomic E-state index is 12.4. The molecule has 0 bridgehead atoms. The zero-order valence-corrected chi connectivity index (χ0v) is 11.9. The highest BCUT2D eigenvalue weighted by atomic mass is 32.2. The summed E-state index contributed by atoms with van der Waals surface area (Å²) in [5.41, 5.74) is 0. The Morgan fingerprint density at radius 1 is 1.39 bits per heavy atom. The average molecular weight is 276 g/mol. The highest BCUT2D eigenvalue weighted by molar-refractivity contribution is 7.89. The first-order valence-electron chi connectivity index (χ1n) is 6.88. The minimum atomic E-state index is -3.13. The van der Waals surface area contributed by atoms with Crippen LogP contribution < -0.4 is 5.32 Å². The molecule has 106 valence electrons. The van der Waals surface area contributed by atoms with Gasteiger partial charge in [0.1, 0.15) is 0 Å². The van der Waals surface area contributed by atoms with Crippen molar-refractivity contribution >= 4 is 10.0 Å². The first-order valence-corrected chi connectivity index (χ1v) is 8.49. The monoisotopic (exact) mass is 276 g/mol. The summed E-state index contributed by atoms with van der Waals surface area (Å²) in [4.78, 5) is 0. The average Bonchev–Trinajstić information content (AvgIpc) is 2.55. The minimum absolute atomic E-state index is 0.00626. The molecule has 2 atom stereocenters. The van der Waals surface area contributed by atoms with Crippen molar-refractivity contribution in [2.75, 3.05) is 38.5 Å². The van der Waals surface area contributed by atoms with Gasteiger partial charge in [0.05, 0.1) is 11.9 Å². The Bertz CT molecular complexity index is 352. The lowest BCUT2D eigenvalue weighted by Gasteiger charge is -2.27. The van der Waals surface area contributed by atoms with Gasteiger partial charge >= 0.3 is 0 Å². The first-order chi connectivity index (χ1) is 8.58. The third-order valence-electron chi connectivity index (χ3n) is 3.65. The summed E-state index contributed by atoms with van der Waals surface area (Å²) in [5, 5.41) is 3.27. The van der Waals surface area contributed by atoms with Crippen molar-refractivity contribution < 1.29 is 13.2 Å². The molecule has 2 heterocycles. The van der Waals surface area contributed by atoms with Crippen molar-refractivity contribution in [3.8, 4) is 0 Å². The standard InChI is InChI=1S/C12H24N2O3S/c1-11-9-14(6-3-7-17-11)18(15,16)10-12-4-2-5-13-8-12/h11-13H,2-10H2,1H3. The van der Waals surface area contributed by atoms with Crippen LogP contribution in [0.3, 0.4) is 0 Å². The number of hydrogen-bond acceptors (Lipinski definition) is 4. The van der Waals surface area contributed by atoms with Gasteiger partial charge in [0.15, 0.2) is 0 Å². The Balaban J connectivity index is 1.95. The van der Waals surface area contributed by atoms with Crippen molar-refractivity contribution in [3.63, 3.8) is 0 Å². The van der Waals surface area contributed by atoms with Crippen LogP contribution >= 0.6 is 0 Å². The lowest BCUT2D eigenvalue weighted by Crippen LogP contribution is -2.42. The van der Waals surface area contributed by atoms with Gasteiger partial charge in [-0.25, -0.2) is 8.42 Å². The SMILES string of the molecule is CC1CN(S(=O)(=O)CC2CCCNC2)CCCO1. The Hall–Kier alpha value is -0.170. The third kappa shape index (κ3) is 3.91. The quantitative estimate of drug-likeness (QED) is 0.812. The van der Waals surface area contributed by atoms with Crippen LogP contribution in [-0.4, -0.2) is 57.4 Å². The fraction of sp³-hybridized carbons (Fsp3) is 1.00. The Kier molecular flexibility index (Phi) is 5.00. The second-order valence-electron chi connectivity index (χ2n) is 5.38. The van der Waals surface area contributed by atoms with E-state index in [4.69, 9.17) is 4.74 Å². The summed E-state index contributed by atoms with van der Waals surface area (Å²) in [7, 11) is -3.13. The predicted octanol–water partition coefficient (Wildman–Crippen LogP) is 0.427. The molecular weight excluding hydrogens is 252 g/mol.